The smallest absolute Gasteiger partial charge is 0.379 e. The Morgan fingerprint density at radius 2 is 2.05 bits per heavy atom. The fourth-order valence-electron chi connectivity index (χ4n) is 1.77. The van der Waals surface area contributed by atoms with Gasteiger partial charge in [0.25, 0.3) is 0 Å². The summed E-state index contributed by atoms with van der Waals surface area (Å²) in [5, 5.41) is 3.25. The van der Waals surface area contributed by atoms with Gasteiger partial charge < -0.3 is 5.32 Å². The van der Waals surface area contributed by atoms with E-state index >= 15 is 0 Å². The third kappa shape index (κ3) is 5.11. The summed E-state index contributed by atoms with van der Waals surface area (Å²) in [6.07, 6.45) is -3.24. The van der Waals surface area contributed by atoms with E-state index in [9.17, 15) is 13.2 Å². The lowest BCUT2D eigenvalue weighted by Gasteiger charge is -2.19. The third-order valence-corrected chi connectivity index (χ3v) is 3.04. The minimum absolute atomic E-state index is 0.0625. The van der Waals surface area contributed by atoms with Crippen LogP contribution < -0.4 is 5.32 Å². The largest absolute Gasteiger partial charge is 0.393 e. The summed E-state index contributed by atoms with van der Waals surface area (Å²) in [7, 11) is 0. The van der Waals surface area contributed by atoms with Gasteiger partial charge >= 0.3 is 6.18 Å². The summed E-state index contributed by atoms with van der Waals surface area (Å²) in [5.41, 5.74) is 2.79. The zero-order valence-electron chi connectivity index (χ0n) is 12.0. The molecule has 0 spiro atoms. The number of nitrogens with one attached hydrogen (secondary N) is 1. The molecule has 4 heteroatoms. The van der Waals surface area contributed by atoms with Crippen LogP contribution in [-0.2, 0) is 6.42 Å². The molecule has 0 aliphatic carbocycles. The molecule has 0 aliphatic rings. The molecule has 1 nitrogen and oxygen atoms in total. The van der Waals surface area contributed by atoms with Crippen LogP contribution >= 0.6 is 0 Å². The second-order valence-electron chi connectivity index (χ2n) is 4.91. The highest BCUT2D eigenvalue weighted by molar-refractivity contribution is 5.64. The molecule has 0 aliphatic heterocycles. The van der Waals surface area contributed by atoms with Crippen LogP contribution in [0.4, 0.5) is 13.2 Å². The highest BCUT2D eigenvalue weighted by Crippen LogP contribution is 2.23. The van der Waals surface area contributed by atoms with Crippen molar-refractivity contribution in [2.45, 2.75) is 39.4 Å². The molecule has 0 fully saturated rings. The van der Waals surface area contributed by atoms with E-state index in [4.69, 9.17) is 0 Å². The molecule has 1 aromatic carbocycles. The van der Waals surface area contributed by atoms with Crippen LogP contribution in [0.25, 0.3) is 5.70 Å². The van der Waals surface area contributed by atoms with Crippen LogP contribution in [0.15, 0.2) is 42.5 Å². The lowest BCUT2D eigenvalue weighted by molar-refractivity contribution is -0.127. The van der Waals surface area contributed by atoms with Gasteiger partial charge in [0.05, 0.1) is 6.42 Å². The Morgan fingerprint density at radius 1 is 1.40 bits per heavy atom. The molecule has 0 heterocycles. The number of halogens is 3. The Balaban J connectivity index is 2.94. The van der Waals surface area contributed by atoms with Crippen molar-refractivity contribution < 1.29 is 13.2 Å². The number of hydrogen-bond donors (Lipinski definition) is 1. The van der Waals surface area contributed by atoms with Crippen LogP contribution in [0.3, 0.4) is 0 Å². The minimum atomic E-state index is -4.19. The number of rotatable bonds is 5. The lowest BCUT2D eigenvalue weighted by atomic mass is 10.0. The first-order valence-electron chi connectivity index (χ1n) is 6.47. The first kappa shape index (κ1) is 16.3. The van der Waals surface area contributed by atoms with E-state index in [0.29, 0.717) is 0 Å². The molecule has 20 heavy (non-hydrogen) atoms. The van der Waals surface area contributed by atoms with Crippen LogP contribution in [0.2, 0.25) is 0 Å². The second kappa shape index (κ2) is 6.64. The summed E-state index contributed by atoms with van der Waals surface area (Å²) in [4.78, 5) is 0. The van der Waals surface area contributed by atoms with Gasteiger partial charge in [-0.1, -0.05) is 36.4 Å². The summed E-state index contributed by atoms with van der Waals surface area (Å²) in [5.74, 6) is 0. The zero-order chi connectivity index (χ0) is 15.3. The molecule has 0 bridgehead atoms. The van der Waals surface area contributed by atoms with Crippen molar-refractivity contribution in [3.63, 3.8) is 0 Å². The Labute approximate surface area is 118 Å². The average Bonchev–Trinajstić information content (AvgIpc) is 2.33. The third-order valence-electron chi connectivity index (χ3n) is 3.04. The maximum absolute atomic E-state index is 12.4. The van der Waals surface area contributed by atoms with Gasteiger partial charge in [0.1, 0.15) is 0 Å². The monoisotopic (exact) mass is 283 g/mol. The molecular weight excluding hydrogens is 263 g/mol. The number of allylic oxidation sites excluding steroid dienone is 1. The Morgan fingerprint density at radius 3 is 2.55 bits per heavy atom. The SMILES string of the molecule is C=C(C)C(C)N/C(=C\C)c1cccc(CC(F)(F)F)c1. The summed E-state index contributed by atoms with van der Waals surface area (Å²) in [6, 6.07) is 6.57. The minimum Gasteiger partial charge on any atom is -0.379 e. The Bertz CT molecular complexity index is 501. The van der Waals surface area contributed by atoms with Gasteiger partial charge in [-0.05, 0) is 38.0 Å². The van der Waals surface area contributed by atoms with E-state index in [1.807, 2.05) is 26.8 Å². The van der Waals surface area contributed by atoms with Crippen molar-refractivity contribution in [2.75, 3.05) is 0 Å². The van der Waals surface area contributed by atoms with E-state index in [-0.39, 0.29) is 11.6 Å². The summed E-state index contributed by atoms with van der Waals surface area (Å²) < 4.78 is 37.3. The van der Waals surface area contributed by atoms with E-state index in [0.717, 1.165) is 16.8 Å². The quantitative estimate of drug-likeness (QED) is 0.772. The lowest BCUT2D eigenvalue weighted by Crippen LogP contribution is -2.25. The molecule has 0 aromatic heterocycles. The molecule has 0 amide bonds. The van der Waals surface area contributed by atoms with Gasteiger partial charge in [0.2, 0.25) is 0 Å². The molecule has 110 valence electrons. The maximum Gasteiger partial charge on any atom is 0.393 e. The van der Waals surface area contributed by atoms with Crippen molar-refractivity contribution in [3.8, 4) is 0 Å². The molecule has 1 N–H and O–H groups in total. The van der Waals surface area contributed by atoms with Gasteiger partial charge in [0, 0.05) is 11.7 Å². The molecule has 1 aromatic rings. The van der Waals surface area contributed by atoms with Gasteiger partial charge in [-0.25, -0.2) is 0 Å². The first-order valence-corrected chi connectivity index (χ1v) is 6.47. The average molecular weight is 283 g/mol. The molecular formula is C16H20F3N. The Hall–Kier alpha value is -1.71. The molecule has 1 atom stereocenters. The highest BCUT2D eigenvalue weighted by atomic mass is 19.4. The highest BCUT2D eigenvalue weighted by Gasteiger charge is 2.27. The van der Waals surface area contributed by atoms with Crippen LogP contribution in [0.1, 0.15) is 31.9 Å². The topological polar surface area (TPSA) is 12.0 Å². The molecule has 0 radical (unpaired) electrons. The molecule has 0 saturated carbocycles. The van der Waals surface area contributed by atoms with Crippen molar-refractivity contribution in [3.05, 3.63) is 53.6 Å². The molecule has 1 unspecified atom stereocenters. The summed E-state index contributed by atoms with van der Waals surface area (Å²) in [6.45, 7) is 9.59. The number of alkyl halides is 3. The van der Waals surface area contributed by atoms with Gasteiger partial charge in [-0.2, -0.15) is 13.2 Å². The van der Waals surface area contributed by atoms with Crippen LogP contribution in [-0.4, -0.2) is 12.2 Å². The van der Waals surface area contributed by atoms with E-state index in [1.165, 1.54) is 6.07 Å². The predicted octanol–water partition coefficient (Wildman–Crippen LogP) is 4.71. The predicted molar refractivity (Wildman–Crippen MR) is 77.3 cm³/mol. The molecule has 0 saturated heterocycles. The summed E-state index contributed by atoms with van der Waals surface area (Å²) >= 11 is 0. The fraction of sp³-hybridized carbons (Fsp3) is 0.375. The van der Waals surface area contributed by atoms with Gasteiger partial charge in [-0.3, -0.25) is 0 Å². The van der Waals surface area contributed by atoms with Crippen LogP contribution in [0.5, 0.6) is 0 Å². The maximum atomic E-state index is 12.4. The Kier molecular flexibility index (Phi) is 5.43. The van der Waals surface area contributed by atoms with Crippen molar-refractivity contribution in [1.82, 2.24) is 5.32 Å². The van der Waals surface area contributed by atoms with Gasteiger partial charge in [0.15, 0.2) is 0 Å². The van der Waals surface area contributed by atoms with E-state index < -0.39 is 12.6 Å². The van der Waals surface area contributed by atoms with Crippen molar-refractivity contribution in [2.24, 2.45) is 0 Å². The number of hydrogen-bond acceptors (Lipinski definition) is 1. The zero-order valence-corrected chi connectivity index (χ0v) is 12.0. The van der Waals surface area contributed by atoms with Crippen LogP contribution in [0, 0.1) is 0 Å². The first-order chi connectivity index (χ1) is 9.23. The second-order valence-corrected chi connectivity index (χ2v) is 4.91. The fourth-order valence-corrected chi connectivity index (χ4v) is 1.77. The van der Waals surface area contributed by atoms with Gasteiger partial charge in [-0.15, -0.1) is 0 Å². The molecule has 1 rings (SSSR count). The normalized spacial score (nSPS) is 14.0. The van der Waals surface area contributed by atoms with E-state index in [1.54, 1.807) is 18.2 Å². The van der Waals surface area contributed by atoms with Crippen molar-refractivity contribution in [1.29, 1.82) is 0 Å². The van der Waals surface area contributed by atoms with Crippen molar-refractivity contribution >= 4 is 5.70 Å². The van der Waals surface area contributed by atoms with E-state index in [2.05, 4.69) is 11.9 Å². The standard InChI is InChI=1S/C16H20F3N/c1-5-15(20-12(4)11(2)3)14-8-6-7-13(9-14)10-16(17,18)19/h5-9,12,20H,2,10H2,1,3-4H3/b15-5-. The number of benzene rings is 1.